The van der Waals surface area contributed by atoms with Gasteiger partial charge in [0.1, 0.15) is 11.5 Å². The summed E-state index contributed by atoms with van der Waals surface area (Å²) in [5.74, 6) is 1.15. The molecule has 0 aliphatic carbocycles. The summed E-state index contributed by atoms with van der Waals surface area (Å²) < 4.78 is 10.6. The first-order valence-corrected chi connectivity index (χ1v) is 6.38. The highest BCUT2D eigenvalue weighted by Gasteiger charge is 2.17. The zero-order valence-electron chi connectivity index (χ0n) is 11.8. The van der Waals surface area contributed by atoms with Gasteiger partial charge in [-0.15, -0.1) is 0 Å². The van der Waals surface area contributed by atoms with Crippen molar-refractivity contribution in [2.45, 2.75) is 6.54 Å². The third-order valence-corrected chi connectivity index (χ3v) is 2.87. The number of benzene rings is 2. The maximum absolute atomic E-state index is 11.1. The summed E-state index contributed by atoms with van der Waals surface area (Å²) in [4.78, 5) is 10.6. The van der Waals surface area contributed by atoms with E-state index in [0.29, 0.717) is 18.0 Å². The van der Waals surface area contributed by atoms with Crippen molar-refractivity contribution < 1.29 is 14.4 Å². The van der Waals surface area contributed by atoms with Gasteiger partial charge in [-0.05, 0) is 36.9 Å². The number of nitro benzene ring substituents is 1. The van der Waals surface area contributed by atoms with Gasteiger partial charge in [0.2, 0.25) is 5.75 Å². The van der Waals surface area contributed by atoms with Gasteiger partial charge in [0.15, 0.2) is 0 Å². The quantitative estimate of drug-likeness (QED) is 0.653. The van der Waals surface area contributed by atoms with Crippen LogP contribution in [-0.2, 0) is 6.54 Å². The Hall–Kier alpha value is -2.60. The minimum absolute atomic E-state index is 0.131. The summed E-state index contributed by atoms with van der Waals surface area (Å²) in [6, 6.07) is 11.9. The molecule has 0 spiro atoms. The average Bonchev–Trinajstić information content (AvgIpc) is 2.48. The van der Waals surface area contributed by atoms with E-state index in [0.717, 1.165) is 5.56 Å². The zero-order valence-corrected chi connectivity index (χ0v) is 11.8. The molecule has 0 saturated carbocycles. The van der Waals surface area contributed by atoms with Crippen LogP contribution in [-0.4, -0.2) is 19.1 Å². The molecule has 1 N–H and O–H groups in total. The van der Waals surface area contributed by atoms with Gasteiger partial charge in [-0.25, -0.2) is 0 Å². The maximum atomic E-state index is 11.1. The van der Waals surface area contributed by atoms with Crippen LogP contribution >= 0.6 is 0 Å². The second kappa shape index (κ2) is 6.71. The lowest BCUT2D eigenvalue weighted by atomic mass is 10.2. The average molecular weight is 288 g/mol. The van der Waals surface area contributed by atoms with Crippen molar-refractivity contribution in [2.75, 3.05) is 14.2 Å². The molecule has 0 saturated heterocycles. The van der Waals surface area contributed by atoms with Gasteiger partial charge >= 0.3 is 5.69 Å². The van der Waals surface area contributed by atoms with E-state index in [1.165, 1.54) is 19.2 Å². The molecule has 0 bridgehead atoms. The molecule has 0 aliphatic rings. The molecule has 0 aliphatic heterocycles. The van der Waals surface area contributed by atoms with Crippen molar-refractivity contribution in [3.63, 3.8) is 0 Å². The molecule has 2 rings (SSSR count). The van der Waals surface area contributed by atoms with Crippen LogP contribution in [0.4, 0.5) is 5.69 Å². The monoisotopic (exact) mass is 288 g/mol. The second-order valence-corrected chi connectivity index (χ2v) is 4.37. The Balaban J connectivity index is 2.30. The van der Waals surface area contributed by atoms with E-state index in [2.05, 4.69) is 5.32 Å². The van der Waals surface area contributed by atoms with Gasteiger partial charge in [-0.2, -0.15) is 0 Å². The molecule has 0 atom stereocenters. The standard InChI is InChI=1S/C15H16N2O4/c1-16-10-11-4-3-5-13(8-11)21-15-7-6-12(20-2)9-14(15)17(18)19/h3-9,16H,10H2,1-2H3. The second-order valence-electron chi connectivity index (χ2n) is 4.37. The summed E-state index contributed by atoms with van der Waals surface area (Å²) in [6.45, 7) is 0.696. The highest BCUT2D eigenvalue weighted by atomic mass is 16.6. The minimum Gasteiger partial charge on any atom is -0.496 e. The number of nitro groups is 1. The third kappa shape index (κ3) is 3.70. The van der Waals surface area contributed by atoms with Crippen molar-refractivity contribution >= 4 is 5.69 Å². The van der Waals surface area contributed by atoms with Gasteiger partial charge in [0.25, 0.3) is 0 Å². The molecule has 6 heteroatoms. The number of rotatable bonds is 6. The first kappa shape index (κ1) is 14.8. The zero-order chi connectivity index (χ0) is 15.2. The fourth-order valence-electron chi connectivity index (χ4n) is 1.90. The highest BCUT2D eigenvalue weighted by molar-refractivity contribution is 5.52. The van der Waals surface area contributed by atoms with Crippen LogP contribution in [0.3, 0.4) is 0 Å². The third-order valence-electron chi connectivity index (χ3n) is 2.87. The van der Waals surface area contributed by atoms with Crippen molar-refractivity contribution in [2.24, 2.45) is 0 Å². The van der Waals surface area contributed by atoms with Gasteiger partial charge in [-0.3, -0.25) is 10.1 Å². The smallest absolute Gasteiger partial charge is 0.315 e. The molecule has 21 heavy (non-hydrogen) atoms. The molecular formula is C15H16N2O4. The minimum atomic E-state index is -0.491. The van der Waals surface area contributed by atoms with Crippen molar-refractivity contribution in [3.05, 3.63) is 58.1 Å². The number of nitrogens with zero attached hydrogens (tertiary/aromatic N) is 1. The lowest BCUT2D eigenvalue weighted by Crippen LogP contribution is -2.04. The summed E-state index contributed by atoms with van der Waals surface area (Å²) >= 11 is 0. The van der Waals surface area contributed by atoms with Crippen molar-refractivity contribution in [1.82, 2.24) is 5.32 Å². The molecular weight excluding hydrogens is 272 g/mol. The van der Waals surface area contributed by atoms with Crippen LogP contribution in [0.25, 0.3) is 0 Å². The van der Waals surface area contributed by atoms with Gasteiger partial charge < -0.3 is 14.8 Å². The van der Waals surface area contributed by atoms with Crippen LogP contribution in [0.5, 0.6) is 17.2 Å². The molecule has 0 unspecified atom stereocenters. The lowest BCUT2D eigenvalue weighted by molar-refractivity contribution is -0.385. The van der Waals surface area contributed by atoms with Crippen LogP contribution < -0.4 is 14.8 Å². The molecule has 0 fully saturated rings. The SMILES string of the molecule is CNCc1cccc(Oc2ccc(OC)cc2[N+](=O)[O-])c1. The van der Waals surface area contributed by atoms with E-state index >= 15 is 0 Å². The molecule has 110 valence electrons. The van der Waals surface area contributed by atoms with Crippen LogP contribution in [0.2, 0.25) is 0 Å². The Kier molecular flexibility index (Phi) is 4.73. The van der Waals surface area contributed by atoms with E-state index in [1.54, 1.807) is 12.1 Å². The number of ether oxygens (including phenoxy) is 2. The summed E-state index contributed by atoms with van der Waals surface area (Å²) in [5, 5.41) is 14.1. The summed E-state index contributed by atoms with van der Waals surface area (Å²) in [7, 11) is 3.31. The predicted molar refractivity (Wildman–Crippen MR) is 78.9 cm³/mol. The fraction of sp³-hybridized carbons (Fsp3) is 0.200. The molecule has 6 nitrogen and oxygen atoms in total. The van der Waals surface area contributed by atoms with E-state index in [1.807, 2.05) is 25.2 Å². The van der Waals surface area contributed by atoms with Gasteiger partial charge in [0, 0.05) is 6.54 Å². The van der Waals surface area contributed by atoms with Gasteiger partial charge in [-0.1, -0.05) is 12.1 Å². The predicted octanol–water partition coefficient (Wildman–Crippen LogP) is 3.12. The van der Waals surface area contributed by atoms with Gasteiger partial charge in [0.05, 0.1) is 18.1 Å². The Morgan fingerprint density at radius 3 is 2.67 bits per heavy atom. The molecule has 0 amide bonds. The maximum Gasteiger partial charge on any atom is 0.315 e. The normalized spacial score (nSPS) is 10.2. The molecule has 2 aromatic rings. The highest BCUT2D eigenvalue weighted by Crippen LogP contribution is 2.34. The summed E-state index contributed by atoms with van der Waals surface area (Å²) in [5.41, 5.74) is 0.902. The van der Waals surface area contributed by atoms with E-state index < -0.39 is 4.92 Å². The van der Waals surface area contributed by atoms with Crippen LogP contribution in [0, 0.1) is 10.1 Å². The fourth-order valence-corrected chi connectivity index (χ4v) is 1.90. The number of nitrogens with one attached hydrogen (secondary N) is 1. The lowest BCUT2D eigenvalue weighted by Gasteiger charge is -2.09. The molecule has 0 heterocycles. The van der Waals surface area contributed by atoms with Crippen LogP contribution in [0.15, 0.2) is 42.5 Å². The Bertz CT molecular complexity index is 643. The first-order valence-electron chi connectivity index (χ1n) is 6.38. The first-order chi connectivity index (χ1) is 10.1. The van der Waals surface area contributed by atoms with E-state index in [-0.39, 0.29) is 11.4 Å². The van der Waals surface area contributed by atoms with E-state index in [4.69, 9.17) is 9.47 Å². The number of hydrogen-bond acceptors (Lipinski definition) is 5. The Morgan fingerprint density at radius 1 is 1.19 bits per heavy atom. The van der Waals surface area contributed by atoms with E-state index in [9.17, 15) is 10.1 Å². The number of methoxy groups -OCH3 is 1. The molecule has 2 aromatic carbocycles. The molecule has 0 aromatic heterocycles. The van der Waals surface area contributed by atoms with Crippen LogP contribution in [0.1, 0.15) is 5.56 Å². The Morgan fingerprint density at radius 2 is 2.00 bits per heavy atom. The van der Waals surface area contributed by atoms with Crippen molar-refractivity contribution in [3.8, 4) is 17.2 Å². The molecule has 0 radical (unpaired) electrons. The number of hydrogen-bond donors (Lipinski definition) is 1. The largest absolute Gasteiger partial charge is 0.496 e. The summed E-state index contributed by atoms with van der Waals surface area (Å²) in [6.07, 6.45) is 0. The van der Waals surface area contributed by atoms with Crippen molar-refractivity contribution in [1.29, 1.82) is 0 Å². The topological polar surface area (TPSA) is 73.6 Å². The Labute approximate surface area is 122 Å².